The van der Waals surface area contributed by atoms with Crippen LogP contribution in [0.1, 0.15) is 23.2 Å². The van der Waals surface area contributed by atoms with E-state index in [1.807, 2.05) is 7.05 Å². The quantitative estimate of drug-likeness (QED) is 0.759. The summed E-state index contributed by atoms with van der Waals surface area (Å²) in [4.78, 5) is 14.1. The predicted octanol–water partition coefficient (Wildman–Crippen LogP) is 2.59. The number of nitrogens with zero attached hydrogens (tertiary/aromatic N) is 1. The van der Waals surface area contributed by atoms with Crippen molar-refractivity contribution in [2.45, 2.75) is 18.9 Å². The molecule has 0 amide bonds. The van der Waals surface area contributed by atoms with Crippen LogP contribution in [0.4, 0.5) is 0 Å². The van der Waals surface area contributed by atoms with Crippen LogP contribution in [0.15, 0.2) is 24.3 Å². The zero-order valence-corrected chi connectivity index (χ0v) is 10.6. The van der Waals surface area contributed by atoms with E-state index >= 15 is 0 Å². The maximum absolute atomic E-state index is 11.9. The Bertz CT molecular complexity index is 408. The van der Waals surface area contributed by atoms with Gasteiger partial charge in [-0.3, -0.25) is 0 Å². The molecule has 0 spiro atoms. The van der Waals surface area contributed by atoms with Crippen LogP contribution in [0.5, 0.6) is 0 Å². The molecular weight excluding hydrogens is 238 g/mol. The van der Waals surface area contributed by atoms with Crippen molar-refractivity contribution in [2.75, 3.05) is 20.1 Å². The Labute approximate surface area is 106 Å². The number of carbonyl (C=O) groups is 1. The first kappa shape index (κ1) is 12.4. The normalized spacial score (nSPS) is 21.2. The molecule has 1 aromatic carbocycles. The van der Waals surface area contributed by atoms with Crippen molar-refractivity contribution in [2.24, 2.45) is 0 Å². The van der Waals surface area contributed by atoms with Crippen molar-refractivity contribution >= 4 is 17.6 Å². The molecule has 17 heavy (non-hydrogen) atoms. The Hall–Kier alpha value is -1.06. The molecule has 1 fully saturated rings. The average Bonchev–Trinajstić information content (AvgIpc) is 2.29. The molecule has 92 valence electrons. The Morgan fingerprint density at radius 3 is 3.06 bits per heavy atom. The lowest BCUT2D eigenvalue weighted by atomic mass is 10.1. The molecule has 3 nitrogen and oxygen atoms in total. The van der Waals surface area contributed by atoms with Crippen LogP contribution in [-0.2, 0) is 4.74 Å². The Balaban J connectivity index is 1.97. The van der Waals surface area contributed by atoms with E-state index in [2.05, 4.69) is 4.90 Å². The number of carbonyl (C=O) groups excluding carboxylic acids is 1. The van der Waals surface area contributed by atoms with Gasteiger partial charge in [0, 0.05) is 11.6 Å². The fourth-order valence-electron chi connectivity index (χ4n) is 2.05. The van der Waals surface area contributed by atoms with E-state index < -0.39 is 0 Å². The van der Waals surface area contributed by atoms with Crippen molar-refractivity contribution < 1.29 is 9.53 Å². The third kappa shape index (κ3) is 3.45. The standard InChI is InChI=1S/C13H16ClNO2/c1-15-7-3-6-12(9-15)17-13(16)10-4-2-5-11(14)8-10/h2,4-5,8,12H,3,6-7,9H2,1H3/t12-/m1/s1. The number of esters is 1. The summed E-state index contributed by atoms with van der Waals surface area (Å²) in [5.41, 5.74) is 0.519. The van der Waals surface area contributed by atoms with E-state index in [9.17, 15) is 4.79 Å². The number of halogens is 1. The molecule has 0 aromatic heterocycles. The highest BCUT2D eigenvalue weighted by Crippen LogP contribution is 2.16. The zero-order chi connectivity index (χ0) is 12.3. The van der Waals surface area contributed by atoms with Crippen LogP contribution in [0.3, 0.4) is 0 Å². The SMILES string of the molecule is CN1CCC[C@@H](OC(=O)c2cccc(Cl)c2)C1. The van der Waals surface area contributed by atoms with Crippen molar-refractivity contribution in [1.29, 1.82) is 0 Å². The Kier molecular flexibility index (Phi) is 4.02. The second kappa shape index (κ2) is 5.52. The number of likely N-dealkylation sites (tertiary alicyclic amines) is 1. The Morgan fingerprint density at radius 1 is 1.53 bits per heavy atom. The van der Waals surface area contributed by atoms with Gasteiger partial charge in [0.2, 0.25) is 0 Å². The Morgan fingerprint density at radius 2 is 2.35 bits per heavy atom. The van der Waals surface area contributed by atoms with Gasteiger partial charge in [-0.1, -0.05) is 17.7 Å². The number of hydrogen-bond donors (Lipinski definition) is 0. The largest absolute Gasteiger partial charge is 0.457 e. The zero-order valence-electron chi connectivity index (χ0n) is 9.86. The molecule has 0 saturated carbocycles. The van der Waals surface area contributed by atoms with Crippen molar-refractivity contribution in [3.05, 3.63) is 34.9 Å². The molecule has 4 heteroatoms. The monoisotopic (exact) mass is 253 g/mol. The summed E-state index contributed by atoms with van der Waals surface area (Å²) in [5.74, 6) is -0.284. The van der Waals surface area contributed by atoms with Crippen molar-refractivity contribution in [1.82, 2.24) is 4.90 Å². The fraction of sp³-hybridized carbons (Fsp3) is 0.462. The van der Waals surface area contributed by atoms with Crippen LogP contribution < -0.4 is 0 Å². The first-order chi connectivity index (χ1) is 8.15. The maximum atomic E-state index is 11.9. The first-order valence-corrected chi connectivity index (χ1v) is 6.18. The van der Waals surface area contributed by atoms with Gasteiger partial charge in [-0.05, 0) is 44.6 Å². The molecule has 2 rings (SSSR count). The molecule has 1 atom stereocenters. The minimum Gasteiger partial charge on any atom is -0.457 e. The number of hydrogen-bond acceptors (Lipinski definition) is 3. The number of benzene rings is 1. The highest BCUT2D eigenvalue weighted by molar-refractivity contribution is 6.30. The summed E-state index contributed by atoms with van der Waals surface area (Å²) in [6.07, 6.45) is 2.01. The number of rotatable bonds is 2. The molecule has 1 aromatic rings. The molecule has 1 heterocycles. The fourth-order valence-corrected chi connectivity index (χ4v) is 2.24. The summed E-state index contributed by atoms with van der Waals surface area (Å²) in [7, 11) is 2.04. The first-order valence-electron chi connectivity index (χ1n) is 5.80. The van der Waals surface area contributed by atoms with Gasteiger partial charge >= 0.3 is 5.97 Å². The van der Waals surface area contributed by atoms with Crippen LogP contribution in [-0.4, -0.2) is 37.1 Å². The van der Waals surface area contributed by atoms with E-state index in [1.54, 1.807) is 24.3 Å². The van der Waals surface area contributed by atoms with Crippen LogP contribution in [0.2, 0.25) is 5.02 Å². The number of likely N-dealkylation sites (N-methyl/N-ethyl adjacent to an activating group) is 1. The lowest BCUT2D eigenvalue weighted by molar-refractivity contribution is 0.0108. The van der Waals surface area contributed by atoms with Crippen LogP contribution >= 0.6 is 11.6 Å². The summed E-state index contributed by atoms with van der Waals surface area (Å²) in [5, 5.41) is 0.556. The molecule has 1 aliphatic heterocycles. The smallest absolute Gasteiger partial charge is 0.338 e. The molecule has 1 saturated heterocycles. The third-order valence-corrected chi connectivity index (χ3v) is 3.15. The molecule has 1 aliphatic rings. The maximum Gasteiger partial charge on any atom is 0.338 e. The van der Waals surface area contributed by atoms with Gasteiger partial charge in [0.05, 0.1) is 5.56 Å². The van der Waals surface area contributed by atoms with E-state index in [-0.39, 0.29) is 12.1 Å². The topological polar surface area (TPSA) is 29.5 Å². The second-order valence-corrected chi connectivity index (χ2v) is 4.88. The van der Waals surface area contributed by atoms with E-state index in [0.29, 0.717) is 10.6 Å². The highest BCUT2D eigenvalue weighted by Gasteiger charge is 2.21. The second-order valence-electron chi connectivity index (χ2n) is 4.44. The van der Waals surface area contributed by atoms with Crippen LogP contribution in [0.25, 0.3) is 0 Å². The van der Waals surface area contributed by atoms with Gasteiger partial charge in [-0.15, -0.1) is 0 Å². The van der Waals surface area contributed by atoms with Crippen molar-refractivity contribution in [3.8, 4) is 0 Å². The number of piperidine rings is 1. The summed E-state index contributed by atoms with van der Waals surface area (Å²) < 4.78 is 5.46. The van der Waals surface area contributed by atoms with Gasteiger partial charge in [0.25, 0.3) is 0 Å². The minimum absolute atomic E-state index is 0.000214. The van der Waals surface area contributed by atoms with Crippen molar-refractivity contribution in [3.63, 3.8) is 0 Å². The van der Waals surface area contributed by atoms with E-state index in [1.165, 1.54) is 0 Å². The van der Waals surface area contributed by atoms with Gasteiger partial charge in [0.1, 0.15) is 6.10 Å². The molecule has 0 radical (unpaired) electrons. The van der Waals surface area contributed by atoms with Gasteiger partial charge < -0.3 is 9.64 Å². The third-order valence-electron chi connectivity index (χ3n) is 2.92. The molecule has 0 aliphatic carbocycles. The minimum atomic E-state index is -0.284. The predicted molar refractivity (Wildman–Crippen MR) is 67.4 cm³/mol. The lowest BCUT2D eigenvalue weighted by Crippen LogP contribution is -2.38. The van der Waals surface area contributed by atoms with Gasteiger partial charge in [-0.2, -0.15) is 0 Å². The van der Waals surface area contributed by atoms with Gasteiger partial charge in [0.15, 0.2) is 0 Å². The molecule has 0 unspecified atom stereocenters. The average molecular weight is 254 g/mol. The summed E-state index contributed by atoms with van der Waals surface area (Å²) in [6.45, 7) is 1.89. The van der Waals surface area contributed by atoms with Gasteiger partial charge in [-0.25, -0.2) is 4.79 Å². The summed E-state index contributed by atoms with van der Waals surface area (Å²) in [6, 6.07) is 6.86. The lowest BCUT2D eigenvalue weighted by Gasteiger charge is -2.29. The molecular formula is C13H16ClNO2. The van der Waals surface area contributed by atoms with Crippen LogP contribution in [0, 0.1) is 0 Å². The molecule has 0 N–H and O–H groups in total. The van der Waals surface area contributed by atoms with E-state index in [0.717, 1.165) is 25.9 Å². The number of ether oxygens (including phenoxy) is 1. The highest BCUT2D eigenvalue weighted by atomic mass is 35.5. The summed E-state index contributed by atoms with van der Waals surface area (Å²) >= 11 is 5.84. The van der Waals surface area contributed by atoms with E-state index in [4.69, 9.17) is 16.3 Å². The molecule has 0 bridgehead atoms.